The van der Waals surface area contributed by atoms with E-state index in [0.29, 0.717) is 16.9 Å². The maximum Gasteiger partial charge on any atom is 0.243 e. The summed E-state index contributed by atoms with van der Waals surface area (Å²) in [6, 6.07) is 23.6. The van der Waals surface area contributed by atoms with E-state index in [2.05, 4.69) is 15.3 Å². The fourth-order valence-electron chi connectivity index (χ4n) is 3.46. The number of hydrogen-bond acceptors (Lipinski definition) is 4. The van der Waals surface area contributed by atoms with Gasteiger partial charge in [-0.2, -0.15) is 4.31 Å². The van der Waals surface area contributed by atoms with Gasteiger partial charge in [0.15, 0.2) is 0 Å². The number of likely N-dealkylation sites (N-methyl/N-ethyl adjacent to an activating group) is 1. The average Bonchev–Trinajstić information content (AvgIpc) is 3.23. The molecule has 0 radical (unpaired) electrons. The monoisotopic (exact) mass is 448 g/mol. The van der Waals surface area contributed by atoms with E-state index in [0.717, 1.165) is 15.4 Å². The minimum atomic E-state index is -3.86. The minimum Gasteiger partial charge on any atom is -0.348 e. The zero-order chi connectivity index (χ0) is 22.7. The smallest absolute Gasteiger partial charge is 0.243 e. The first-order valence-corrected chi connectivity index (χ1v) is 11.6. The van der Waals surface area contributed by atoms with E-state index in [1.165, 1.54) is 13.1 Å². The van der Waals surface area contributed by atoms with Crippen molar-refractivity contribution in [2.75, 3.05) is 13.6 Å². The van der Waals surface area contributed by atoms with E-state index in [1.807, 2.05) is 67.6 Å². The Bertz CT molecular complexity index is 1340. The van der Waals surface area contributed by atoms with Crippen LogP contribution in [-0.4, -0.2) is 42.2 Å². The van der Waals surface area contributed by atoms with Gasteiger partial charge in [-0.3, -0.25) is 4.79 Å². The van der Waals surface area contributed by atoms with Crippen molar-refractivity contribution in [3.05, 3.63) is 84.4 Å². The number of nitrogens with zero attached hydrogens (tertiary/aromatic N) is 2. The highest BCUT2D eigenvalue weighted by molar-refractivity contribution is 7.89. The summed E-state index contributed by atoms with van der Waals surface area (Å²) >= 11 is 0. The summed E-state index contributed by atoms with van der Waals surface area (Å²) in [6.45, 7) is 1.58. The van der Waals surface area contributed by atoms with Crippen molar-refractivity contribution in [2.24, 2.45) is 0 Å². The summed E-state index contributed by atoms with van der Waals surface area (Å²) < 4.78 is 27.2. The van der Waals surface area contributed by atoms with Crippen LogP contribution in [0.4, 0.5) is 0 Å². The van der Waals surface area contributed by atoms with Crippen LogP contribution in [-0.2, 0) is 14.8 Å². The number of sulfonamides is 1. The quantitative estimate of drug-likeness (QED) is 0.450. The van der Waals surface area contributed by atoms with Crippen molar-refractivity contribution >= 4 is 27.0 Å². The van der Waals surface area contributed by atoms with Crippen molar-refractivity contribution in [3.63, 3.8) is 0 Å². The highest BCUT2D eigenvalue weighted by Crippen LogP contribution is 2.24. The van der Waals surface area contributed by atoms with Gasteiger partial charge in [0.1, 0.15) is 5.82 Å². The molecule has 3 aromatic carbocycles. The summed E-state index contributed by atoms with van der Waals surface area (Å²) in [5.41, 5.74) is 3.14. The number of fused-ring (bicyclic) bond motifs is 1. The third kappa shape index (κ3) is 4.56. The van der Waals surface area contributed by atoms with Crippen LogP contribution in [0.15, 0.2) is 83.8 Å². The molecule has 1 amide bonds. The number of benzene rings is 3. The molecule has 7 nitrogen and oxygen atoms in total. The van der Waals surface area contributed by atoms with E-state index in [-0.39, 0.29) is 23.4 Å². The van der Waals surface area contributed by atoms with Gasteiger partial charge >= 0.3 is 0 Å². The van der Waals surface area contributed by atoms with Gasteiger partial charge in [0.05, 0.1) is 28.5 Å². The highest BCUT2D eigenvalue weighted by atomic mass is 32.2. The molecule has 1 unspecified atom stereocenters. The first kappa shape index (κ1) is 21.7. The predicted molar refractivity (Wildman–Crippen MR) is 124 cm³/mol. The molecule has 1 atom stereocenters. The predicted octanol–water partition coefficient (Wildman–Crippen LogP) is 3.73. The molecule has 0 aliphatic heterocycles. The number of aromatic amines is 1. The molecular formula is C24H24N4O3S. The van der Waals surface area contributed by atoms with Crippen LogP contribution in [0, 0.1) is 0 Å². The molecule has 0 saturated heterocycles. The lowest BCUT2D eigenvalue weighted by atomic mass is 10.1. The molecule has 1 heterocycles. The first-order valence-electron chi connectivity index (χ1n) is 10.2. The zero-order valence-electron chi connectivity index (χ0n) is 17.8. The van der Waals surface area contributed by atoms with E-state index in [9.17, 15) is 13.2 Å². The molecule has 8 heteroatoms. The Kier molecular flexibility index (Phi) is 6.07. The standard InChI is InChI=1S/C24H24N4O3S/c1-17(18-9-5-3-6-10-18)25-23(29)16-28(2)32(30,31)20-13-14-21-22(15-20)27-24(26-21)19-11-7-4-8-12-19/h3-15,17H,16H2,1-2H3,(H,25,29)(H,26,27). The topological polar surface area (TPSA) is 95.2 Å². The Labute approximate surface area is 187 Å². The van der Waals surface area contributed by atoms with Gasteiger partial charge < -0.3 is 10.3 Å². The third-order valence-corrected chi connectivity index (χ3v) is 7.05. The van der Waals surface area contributed by atoms with E-state index in [4.69, 9.17) is 0 Å². The van der Waals surface area contributed by atoms with Crippen LogP contribution in [0.3, 0.4) is 0 Å². The van der Waals surface area contributed by atoms with Crippen molar-refractivity contribution in [3.8, 4) is 11.4 Å². The summed E-state index contributed by atoms with van der Waals surface area (Å²) in [4.78, 5) is 20.3. The zero-order valence-corrected chi connectivity index (χ0v) is 18.6. The molecule has 1 aromatic heterocycles. The molecule has 0 fully saturated rings. The van der Waals surface area contributed by atoms with Gasteiger partial charge in [0.25, 0.3) is 0 Å². The second-order valence-corrected chi connectivity index (χ2v) is 9.64. The first-order chi connectivity index (χ1) is 15.3. The van der Waals surface area contributed by atoms with Crippen LogP contribution in [0.25, 0.3) is 22.4 Å². The summed E-state index contributed by atoms with van der Waals surface area (Å²) in [6.07, 6.45) is 0. The number of carbonyl (C=O) groups excluding carboxylic acids is 1. The van der Waals surface area contributed by atoms with Gasteiger partial charge in [0, 0.05) is 12.6 Å². The molecule has 2 N–H and O–H groups in total. The van der Waals surface area contributed by atoms with Crippen LogP contribution in [0.2, 0.25) is 0 Å². The van der Waals surface area contributed by atoms with Crippen molar-refractivity contribution in [2.45, 2.75) is 17.9 Å². The summed E-state index contributed by atoms with van der Waals surface area (Å²) in [7, 11) is -2.46. The number of nitrogens with one attached hydrogen (secondary N) is 2. The second-order valence-electron chi connectivity index (χ2n) is 7.59. The van der Waals surface area contributed by atoms with Gasteiger partial charge in [-0.1, -0.05) is 60.7 Å². The molecular weight excluding hydrogens is 424 g/mol. The van der Waals surface area contributed by atoms with Gasteiger partial charge in [-0.25, -0.2) is 13.4 Å². The van der Waals surface area contributed by atoms with Crippen LogP contribution in [0.1, 0.15) is 18.5 Å². The molecule has 0 bridgehead atoms. The number of H-pyrrole nitrogens is 1. The molecule has 0 spiro atoms. The number of carbonyl (C=O) groups is 1. The van der Waals surface area contributed by atoms with Gasteiger partial charge in [-0.15, -0.1) is 0 Å². The Morgan fingerprint density at radius 2 is 1.69 bits per heavy atom. The fourth-order valence-corrected chi connectivity index (χ4v) is 4.62. The lowest BCUT2D eigenvalue weighted by Crippen LogP contribution is -2.39. The molecule has 4 aromatic rings. The molecule has 4 rings (SSSR count). The summed E-state index contributed by atoms with van der Waals surface area (Å²) in [5.74, 6) is 0.291. The van der Waals surface area contributed by atoms with Crippen LogP contribution in [0.5, 0.6) is 0 Å². The molecule has 0 saturated carbocycles. The Morgan fingerprint density at radius 1 is 1.03 bits per heavy atom. The summed E-state index contributed by atoms with van der Waals surface area (Å²) in [5, 5.41) is 2.84. The Hall–Kier alpha value is -3.49. The number of imidazole rings is 1. The van der Waals surface area contributed by atoms with Crippen LogP contribution >= 0.6 is 0 Å². The van der Waals surface area contributed by atoms with Crippen LogP contribution < -0.4 is 5.32 Å². The highest BCUT2D eigenvalue weighted by Gasteiger charge is 2.24. The molecule has 32 heavy (non-hydrogen) atoms. The average molecular weight is 449 g/mol. The van der Waals surface area contributed by atoms with E-state index < -0.39 is 10.0 Å². The Balaban J connectivity index is 1.50. The SMILES string of the molecule is CC(NC(=O)CN(C)S(=O)(=O)c1ccc2nc(-c3ccccc3)[nH]c2c1)c1ccccc1. The number of rotatable bonds is 7. The van der Waals surface area contributed by atoms with E-state index >= 15 is 0 Å². The van der Waals surface area contributed by atoms with Crippen molar-refractivity contribution in [1.82, 2.24) is 19.6 Å². The number of aromatic nitrogens is 2. The molecule has 0 aliphatic carbocycles. The fraction of sp³-hybridized carbons (Fsp3) is 0.167. The minimum absolute atomic E-state index is 0.0969. The largest absolute Gasteiger partial charge is 0.348 e. The lowest BCUT2D eigenvalue weighted by Gasteiger charge is -2.19. The van der Waals surface area contributed by atoms with Gasteiger partial charge in [0.2, 0.25) is 15.9 Å². The number of hydrogen-bond donors (Lipinski definition) is 2. The second kappa shape index (κ2) is 8.94. The molecule has 164 valence electrons. The lowest BCUT2D eigenvalue weighted by molar-refractivity contribution is -0.121. The maximum atomic E-state index is 13.1. The van der Waals surface area contributed by atoms with Crippen molar-refractivity contribution < 1.29 is 13.2 Å². The maximum absolute atomic E-state index is 13.1. The molecule has 0 aliphatic rings. The number of amides is 1. The van der Waals surface area contributed by atoms with Crippen molar-refractivity contribution in [1.29, 1.82) is 0 Å². The third-order valence-electron chi connectivity index (χ3n) is 5.25. The Morgan fingerprint density at radius 3 is 2.38 bits per heavy atom. The van der Waals surface area contributed by atoms with Gasteiger partial charge in [-0.05, 0) is 30.7 Å². The normalized spacial score (nSPS) is 12.7. The van der Waals surface area contributed by atoms with E-state index in [1.54, 1.807) is 12.1 Å².